The van der Waals surface area contributed by atoms with Crippen LogP contribution in [-0.2, 0) is 13.0 Å². The Hall–Kier alpha value is -1.35. The summed E-state index contributed by atoms with van der Waals surface area (Å²) in [6, 6.07) is 8.98. The SMILES string of the molecule is CCCC(Cn1c(CC)nc2ccccc21)NCC. The lowest BCUT2D eigenvalue weighted by atomic mass is 10.1. The highest BCUT2D eigenvalue weighted by atomic mass is 15.1. The summed E-state index contributed by atoms with van der Waals surface area (Å²) < 4.78 is 2.39. The molecule has 3 heteroatoms. The van der Waals surface area contributed by atoms with Crippen LogP contribution in [-0.4, -0.2) is 22.1 Å². The van der Waals surface area contributed by atoms with Gasteiger partial charge < -0.3 is 9.88 Å². The molecule has 0 saturated heterocycles. The molecule has 2 rings (SSSR count). The van der Waals surface area contributed by atoms with Gasteiger partial charge in [-0.25, -0.2) is 4.98 Å². The average Bonchev–Trinajstić information content (AvgIpc) is 2.78. The summed E-state index contributed by atoms with van der Waals surface area (Å²) in [7, 11) is 0. The van der Waals surface area contributed by atoms with Crippen LogP contribution in [0.3, 0.4) is 0 Å². The molecule has 1 aromatic carbocycles. The molecule has 0 spiro atoms. The van der Waals surface area contributed by atoms with E-state index in [1.807, 2.05) is 0 Å². The van der Waals surface area contributed by atoms with E-state index in [9.17, 15) is 0 Å². The van der Waals surface area contributed by atoms with Gasteiger partial charge in [0.15, 0.2) is 0 Å². The predicted molar refractivity (Wildman–Crippen MR) is 81.5 cm³/mol. The Morgan fingerprint density at radius 3 is 2.68 bits per heavy atom. The molecule has 0 fully saturated rings. The van der Waals surface area contributed by atoms with Gasteiger partial charge in [-0.05, 0) is 25.1 Å². The van der Waals surface area contributed by atoms with Gasteiger partial charge in [0, 0.05) is 19.0 Å². The number of imidazole rings is 1. The molecule has 1 N–H and O–H groups in total. The second kappa shape index (κ2) is 6.71. The van der Waals surface area contributed by atoms with E-state index in [2.05, 4.69) is 54.9 Å². The number of para-hydroxylation sites is 2. The Labute approximate surface area is 116 Å². The van der Waals surface area contributed by atoms with Crippen LogP contribution in [0.4, 0.5) is 0 Å². The van der Waals surface area contributed by atoms with E-state index >= 15 is 0 Å². The number of nitrogens with zero attached hydrogens (tertiary/aromatic N) is 2. The minimum atomic E-state index is 0.540. The third kappa shape index (κ3) is 3.16. The predicted octanol–water partition coefficient (Wildman–Crippen LogP) is 3.38. The van der Waals surface area contributed by atoms with E-state index in [0.717, 1.165) is 25.0 Å². The van der Waals surface area contributed by atoms with E-state index in [1.54, 1.807) is 0 Å². The molecule has 1 atom stereocenters. The van der Waals surface area contributed by atoms with E-state index in [4.69, 9.17) is 4.98 Å². The Bertz CT molecular complexity index is 510. The summed E-state index contributed by atoms with van der Waals surface area (Å²) in [5.74, 6) is 1.19. The first kappa shape index (κ1) is 14.1. The van der Waals surface area contributed by atoms with Gasteiger partial charge in [0.2, 0.25) is 0 Å². The van der Waals surface area contributed by atoms with Crippen molar-refractivity contribution >= 4 is 11.0 Å². The summed E-state index contributed by atoms with van der Waals surface area (Å²) >= 11 is 0. The van der Waals surface area contributed by atoms with Gasteiger partial charge in [-0.15, -0.1) is 0 Å². The number of aryl methyl sites for hydroxylation is 1. The maximum Gasteiger partial charge on any atom is 0.109 e. The van der Waals surface area contributed by atoms with Crippen molar-refractivity contribution in [3.8, 4) is 0 Å². The van der Waals surface area contributed by atoms with Gasteiger partial charge in [-0.2, -0.15) is 0 Å². The van der Waals surface area contributed by atoms with Crippen molar-refractivity contribution in [3.05, 3.63) is 30.1 Å². The van der Waals surface area contributed by atoms with Crippen LogP contribution in [0.5, 0.6) is 0 Å². The minimum Gasteiger partial charge on any atom is -0.326 e. The van der Waals surface area contributed by atoms with E-state index < -0.39 is 0 Å². The zero-order valence-electron chi connectivity index (χ0n) is 12.3. The molecule has 1 unspecified atom stereocenters. The number of benzene rings is 1. The first-order valence-electron chi connectivity index (χ1n) is 7.47. The van der Waals surface area contributed by atoms with E-state index in [-0.39, 0.29) is 0 Å². The second-order valence-corrected chi connectivity index (χ2v) is 5.02. The molecule has 0 aliphatic rings. The van der Waals surface area contributed by atoms with Gasteiger partial charge in [-0.1, -0.05) is 39.3 Å². The molecule has 19 heavy (non-hydrogen) atoms. The lowest BCUT2D eigenvalue weighted by molar-refractivity contribution is 0.428. The summed E-state index contributed by atoms with van der Waals surface area (Å²) in [6.45, 7) is 8.65. The summed E-state index contributed by atoms with van der Waals surface area (Å²) in [4.78, 5) is 4.74. The summed E-state index contributed by atoms with van der Waals surface area (Å²) in [5.41, 5.74) is 2.38. The third-order valence-corrected chi connectivity index (χ3v) is 3.58. The van der Waals surface area contributed by atoms with Crippen molar-refractivity contribution in [2.24, 2.45) is 0 Å². The number of nitrogens with one attached hydrogen (secondary N) is 1. The Morgan fingerprint density at radius 1 is 1.21 bits per heavy atom. The number of fused-ring (bicyclic) bond motifs is 1. The van der Waals surface area contributed by atoms with Gasteiger partial charge in [-0.3, -0.25) is 0 Å². The monoisotopic (exact) mass is 259 g/mol. The smallest absolute Gasteiger partial charge is 0.109 e. The molecule has 1 heterocycles. The number of hydrogen-bond acceptors (Lipinski definition) is 2. The van der Waals surface area contributed by atoms with Gasteiger partial charge >= 0.3 is 0 Å². The van der Waals surface area contributed by atoms with E-state index in [1.165, 1.54) is 24.2 Å². The van der Waals surface area contributed by atoms with Gasteiger partial charge in [0.25, 0.3) is 0 Å². The molecule has 0 radical (unpaired) electrons. The molecule has 0 saturated carbocycles. The first-order valence-corrected chi connectivity index (χ1v) is 7.47. The molecular weight excluding hydrogens is 234 g/mol. The highest BCUT2D eigenvalue weighted by Crippen LogP contribution is 2.17. The van der Waals surface area contributed by atoms with Crippen molar-refractivity contribution in [2.45, 2.75) is 52.6 Å². The molecule has 0 amide bonds. The quantitative estimate of drug-likeness (QED) is 0.826. The van der Waals surface area contributed by atoms with Crippen molar-refractivity contribution in [1.29, 1.82) is 0 Å². The van der Waals surface area contributed by atoms with Crippen LogP contribution < -0.4 is 5.32 Å². The molecule has 1 aromatic heterocycles. The lowest BCUT2D eigenvalue weighted by Gasteiger charge is -2.19. The van der Waals surface area contributed by atoms with Crippen LogP contribution in [0.2, 0.25) is 0 Å². The summed E-state index contributed by atoms with van der Waals surface area (Å²) in [6.07, 6.45) is 3.41. The maximum atomic E-state index is 4.74. The zero-order chi connectivity index (χ0) is 13.7. The normalized spacial score (nSPS) is 13.0. The molecular formula is C16H25N3. The average molecular weight is 259 g/mol. The number of hydrogen-bond donors (Lipinski definition) is 1. The third-order valence-electron chi connectivity index (χ3n) is 3.58. The Morgan fingerprint density at radius 2 is 2.00 bits per heavy atom. The topological polar surface area (TPSA) is 29.9 Å². The Balaban J connectivity index is 2.31. The zero-order valence-corrected chi connectivity index (χ0v) is 12.3. The van der Waals surface area contributed by atoms with Crippen LogP contribution >= 0.6 is 0 Å². The number of rotatable bonds is 7. The van der Waals surface area contributed by atoms with Crippen molar-refractivity contribution in [1.82, 2.24) is 14.9 Å². The molecule has 2 aromatic rings. The van der Waals surface area contributed by atoms with Crippen molar-refractivity contribution in [2.75, 3.05) is 6.54 Å². The molecule has 104 valence electrons. The fourth-order valence-corrected chi connectivity index (χ4v) is 2.71. The molecule has 0 bridgehead atoms. The molecule has 3 nitrogen and oxygen atoms in total. The van der Waals surface area contributed by atoms with Gasteiger partial charge in [0.1, 0.15) is 5.82 Å². The summed E-state index contributed by atoms with van der Waals surface area (Å²) in [5, 5.41) is 3.59. The fourth-order valence-electron chi connectivity index (χ4n) is 2.71. The van der Waals surface area contributed by atoms with Crippen LogP contribution in [0.25, 0.3) is 11.0 Å². The van der Waals surface area contributed by atoms with Crippen molar-refractivity contribution in [3.63, 3.8) is 0 Å². The molecule has 0 aliphatic carbocycles. The van der Waals surface area contributed by atoms with E-state index in [0.29, 0.717) is 6.04 Å². The first-order chi connectivity index (χ1) is 9.30. The standard InChI is InChI=1S/C16H25N3/c1-4-9-13(17-6-3)12-19-15-11-8-7-10-14(15)18-16(19)5-2/h7-8,10-11,13,17H,4-6,9,12H2,1-3H3. The largest absolute Gasteiger partial charge is 0.326 e. The van der Waals surface area contributed by atoms with Crippen LogP contribution in [0.1, 0.15) is 39.4 Å². The van der Waals surface area contributed by atoms with Crippen LogP contribution in [0.15, 0.2) is 24.3 Å². The molecule has 0 aliphatic heterocycles. The Kier molecular flexibility index (Phi) is 4.97. The fraction of sp³-hybridized carbons (Fsp3) is 0.562. The number of likely N-dealkylation sites (N-methyl/N-ethyl adjacent to an activating group) is 1. The second-order valence-electron chi connectivity index (χ2n) is 5.02. The highest BCUT2D eigenvalue weighted by molar-refractivity contribution is 5.75. The lowest BCUT2D eigenvalue weighted by Crippen LogP contribution is -2.33. The number of aromatic nitrogens is 2. The van der Waals surface area contributed by atoms with Crippen molar-refractivity contribution < 1.29 is 0 Å². The maximum absolute atomic E-state index is 4.74. The van der Waals surface area contributed by atoms with Crippen LogP contribution in [0, 0.1) is 0 Å². The van der Waals surface area contributed by atoms with Gasteiger partial charge in [0.05, 0.1) is 11.0 Å². The highest BCUT2D eigenvalue weighted by Gasteiger charge is 2.13. The minimum absolute atomic E-state index is 0.540.